The molecule has 0 bridgehead atoms. The number of aromatic nitrogens is 4. The molecule has 0 saturated carbocycles. The van der Waals surface area contributed by atoms with Crippen LogP contribution >= 0.6 is 0 Å². The molecule has 0 atom stereocenters. The number of allylic oxidation sites excluding steroid dienone is 1. The maximum Gasteiger partial charge on any atom is 0.256 e. The maximum absolute atomic E-state index is 13.7. The summed E-state index contributed by atoms with van der Waals surface area (Å²) < 4.78 is 45.8. The van der Waals surface area contributed by atoms with Crippen LogP contribution in [0, 0.1) is 22.6 Å². The van der Waals surface area contributed by atoms with Crippen LogP contribution in [0.2, 0.25) is 0 Å². The number of nitriles is 1. The van der Waals surface area contributed by atoms with Crippen molar-refractivity contribution in [3.8, 4) is 23.1 Å². The number of methoxy groups -OCH3 is 1. The summed E-state index contributed by atoms with van der Waals surface area (Å²) in [5.74, 6) is -0.277. The van der Waals surface area contributed by atoms with Crippen molar-refractivity contribution >= 4 is 11.8 Å². The van der Waals surface area contributed by atoms with Gasteiger partial charge in [0.1, 0.15) is 17.6 Å². The molecule has 2 N–H and O–H groups in total. The molecule has 2 heterocycles. The second kappa shape index (κ2) is 8.43. The summed E-state index contributed by atoms with van der Waals surface area (Å²) in [5.41, 5.74) is 0.904. The van der Waals surface area contributed by atoms with Crippen molar-refractivity contribution in [3.05, 3.63) is 59.8 Å². The minimum atomic E-state index is -2.65. The fourth-order valence-electron chi connectivity index (χ4n) is 2.69. The number of H-pyrrole nitrogens is 1. The van der Waals surface area contributed by atoms with Crippen LogP contribution in [0.4, 0.5) is 13.2 Å². The van der Waals surface area contributed by atoms with E-state index in [9.17, 15) is 13.2 Å². The summed E-state index contributed by atoms with van der Waals surface area (Å²) in [6.07, 6.45) is 2.68. The number of imidazole rings is 2. The van der Waals surface area contributed by atoms with E-state index in [1.54, 1.807) is 0 Å². The second-order valence-corrected chi connectivity index (χ2v) is 5.88. The van der Waals surface area contributed by atoms with Gasteiger partial charge in [0.05, 0.1) is 43.3 Å². The summed E-state index contributed by atoms with van der Waals surface area (Å²) in [5, 5.41) is 17.2. The van der Waals surface area contributed by atoms with E-state index in [4.69, 9.17) is 15.4 Å². The first-order valence-corrected chi connectivity index (χ1v) is 8.32. The lowest BCUT2D eigenvalue weighted by atomic mass is 10.1. The van der Waals surface area contributed by atoms with Crippen molar-refractivity contribution in [2.24, 2.45) is 0 Å². The van der Waals surface area contributed by atoms with Crippen LogP contribution in [-0.4, -0.2) is 38.8 Å². The van der Waals surface area contributed by atoms with Gasteiger partial charge in [0.2, 0.25) is 0 Å². The first-order chi connectivity index (χ1) is 13.9. The first-order valence-electron chi connectivity index (χ1n) is 8.32. The molecule has 2 aromatic heterocycles. The fraction of sp³-hybridized carbons (Fsp3) is 0.158. The summed E-state index contributed by atoms with van der Waals surface area (Å²) in [6, 6.07) is 5.89. The Morgan fingerprint density at radius 3 is 2.86 bits per heavy atom. The van der Waals surface area contributed by atoms with E-state index in [1.807, 2.05) is 6.07 Å². The van der Waals surface area contributed by atoms with Crippen molar-refractivity contribution in [2.75, 3.05) is 7.11 Å². The average molecular weight is 400 g/mol. The van der Waals surface area contributed by atoms with Gasteiger partial charge in [-0.25, -0.2) is 23.1 Å². The second-order valence-electron chi connectivity index (χ2n) is 5.88. The van der Waals surface area contributed by atoms with Gasteiger partial charge < -0.3 is 14.3 Å². The van der Waals surface area contributed by atoms with Gasteiger partial charge in [0.25, 0.3) is 6.43 Å². The monoisotopic (exact) mass is 400 g/mol. The molecule has 3 aromatic rings. The molecule has 29 heavy (non-hydrogen) atoms. The smallest absolute Gasteiger partial charge is 0.256 e. The van der Waals surface area contributed by atoms with E-state index in [2.05, 4.69) is 15.0 Å². The molecule has 7 nitrogen and oxygen atoms in total. The normalized spacial score (nSPS) is 11.2. The highest BCUT2D eigenvalue weighted by molar-refractivity contribution is 6.10. The molecular weight excluding hydrogens is 385 g/mol. The third-order valence-corrected chi connectivity index (χ3v) is 3.98. The van der Waals surface area contributed by atoms with E-state index < -0.39 is 18.8 Å². The van der Waals surface area contributed by atoms with Crippen LogP contribution in [0.1, 0.15) is 17.2 Å². The largest absolute Gasteiger partial charge is 0.494 e. The number of alkyl halides is 2. The Morgan fingerprint density at radius 1 is 1.41 bits per heavy atom. The zero-order valence-electron chi connectivity index (χ0n) is 15.2. The minimum absolute atomic E-state index is 0.0291. The third-order valence-electron chi connectivity index (χ3n) is 3.98. The van der Waals surface area contributed by atoms with Crippen LogP contribution in [0.15, 0.2) is 36.8 Å². The molecule has 0 unspecified atom stereocenters. The van der Waals surface area contributed by atoms with Crippen LogP contribution in [0.5, 0.6) is 5.75 Å². The predicted octanol–water partition coefficient (Wildman–Crippen LogP) is 3.64. The van der Waals surface area contributed by atoms with Gasteiger partial charge in [0, 0.05) is 5.56 Å². The number of rotatable bonds is 7. The van der Waals surface area contributed by atoms with E-state index in [0.717, 1.165) is 4.57 Å². The van der Waals surface area contributed by atoms with Crippen molar-refractivity contribution < 1.29 is 17.9 Å². The maximum atomic E-state index is 13.7. The molecule has 1 aromatic carbocycles. The molecule has 0 spiro atoms. The van der Waals surface area contributed by atoms with Gasteiger partial charge in [-0.1, -0.05) is 0 Å². The highest BCUT2D eigenvalue weighted by Crippen LogP contribution is 2.28. The molecule has 0 amide bonds. The van der Waals surface area contributed by atoms with Crippen molar-refractivity contribution in [1.29, 1.82) is 10.7 Å². The Labute approximate surface area is 163 Å². The van der Waals surface area contributed by atoms with Crippen molar-refractivity contribution in [3.63, 3.8) is 0 Å². The molecule has 0 aliphatic heterocycles. The Kier molecular flexibility index (Phi) is 5.78. The molecule has 148 valence electrons. The van der Waals surface area contributed by atoms with Crippen LogP contribution in [-0.2, 0) is 6.54 Å². The molecule has 0 aliphatic carbocycles. The Hall–Kier alpha value is -3.87. The summed E-state index contributed by atoms with van der Waals surface area (Å²) in [7, 11) is 1.31. The first kappa shape index (κ1) is 19.9. The lowest BCUT2D eigenvalue weighted by molar-refractivity contribution is 0.126. The molecule has 10 heteroatoms. The molecule has 0 saturated heterocycles. The van der Waals surface area contributed by atoms with Crippen LogP contribution < -0.4 is 4.74 Å². The van der Waals surface area contributed by atoms with Gasteiger partial charge in [-0.3, -0.25) is 5.41 Å². The number of ether oxygens (including phenoxy) is 1. The van der Waals surface area contributed by atoms with Gasteiger partial charge in [-0.05, 0) is 30.4 Å². The van der Waals surface area contributed by atoms with Crippen LogP contribution in [0.3, 0.4) is 0 Å². The molecule has 0 radical (unpaired) electrons. The lowest BCUT2D eigenvalue weighted by Crippen LogP contribution is -2.12. The zero-order valence-corrected chi connectivity index (χ0v) is 15.2. The SMILES string of the molecule is COc1cc(-c2ncn(CC(F)F)c2C(=N)/C=C\c2ncc(C#N)[nH]2)ccc1F. The van der Waals surface area contributed by atoms with Crippen molar-refractivity contribution in [1.82, 2.24) is 19.5 Å². The van der Waals surface area contributed by atoms with E-state index >= 15 is 0 Å². The fourth-order valence-corrected chi connectivity index (χ4v) is 2.69. The molecular formula is C19H15F3N6O. The highest BCUT2D eigenvalue weighted by atomic mass is 19.3. The van der Waals surface area contributed by atoms with Gasteiger partial charge in [-0.15, -0.1) is 0 Å². The number of hydrogen-bond acceptors (Lipinski definition) is 5. The Morgan fingerprint density at radius 2 is 2.21 bits per heavy atom. The quantitative estimate of drug-likeness (QED) is 0.591. The average Bonchev–Trinajstić information content (AvgIpc) is 3.33. The molecule has 3 rings (SSSR count). The topological polar surface area (TPSA) is 103 Å². The summed E-state index contributed by atoms with van der Waals surface area (Å²) in [6.45, 7) is -0.657. The van der Waals surface area contributed by atoms with Gasteiger partial charge in [-0.2, -0.15) is 5.26 Å². The van der Waals surface area contributed by atoms with Gasteiger partial charge in [0.15, 0.2) is 11.6 Å². The molecule has 0 fully saturated rings. The minimum Gasteiger partial charge on any atom is -0.494 e. The van der Waals surface area contributed by atoms with E-state index in [1.165, 1.54) is 50.0 Å². The number of aromatic amines is 1. The lowest BCUT2D eigenvalue weighted by Gasteiger charge is -2.10. The number of halogens is 3. The number of nitrogens with zero attached hydrogens (tertiary/aromatic N) is 4. The Balaban J connectivity index is 2.02. The Bertz CT molecular complexity index is 1110. The number of nitrogens with one attached hydrogen (secondary N) is 2. The van der Waals surface area contributed by atoms with E-state index in [0.29, 0.717) is 11.4 Å². The standard InChI is InChI=1S/C19H15F3N6O/c1-29-15-6-11(2-3-13(15)20)18-19(28(10-26-18)9-16(21)22)14(24)4-5-17-25-8-12(7-23)27-17/h2-6,8,10,16,24H,9H2,1H3,(H,25,27)/b5-4-,24-14?. The summed E-state index contributed by atoms with van der Waals surface area (Å²) >= 11 is 0. The number of benzene rings is 1. The molecule has 0 aliphatic rings. The predicted molar refractivity (Wildman–Crippen MR) is 99.3 cm³/mol. The third kappa shape index (κ3) is 4.35. The highest BCUT2D eigenvalue weighted by Gasteiger charge is 2.19. The van der Waals surface area contributed by atoms with Crippen LogP contribution in [0.25, 0.3) is 17.3 Å². The van der Waals surface area contributed by atoms with Gasteiger partial charge >= 0.3 is 0 Å². The number of hydrogen-bond donors (Lipinski definition) is 2. The van der Waals surface area contributed by atoms with Crippen molar-refractivity contribution in [2.45, 2.75) is 13.0 Å². The van der Waals surface area contributed by atoms with E-state index in [-0.39, 0.29) is 28.5 Å². The zero-order chi connectivity index (χ0) is 21.0. The summed E-state index contributed by atoms with van der Waals surface area (Å²) in [4.78, 5) is 10.8.